The van der Waals surface area contributed by atoms with Gasteiger partial charge in [-0.3, -0.25) is 0 Å². The highest BCUT2D eigenvalue weighted by atomic mass is 16.5. The first-order valence-corrected chi connectivity index (χ1v) is 5.81. The monoisotopic (exact) mass is 242 g/mol. The second-order valence-corrected chi connectivity index (χ2v) is 3.96. The van der Waals surface area contributed by atoms with Gasteiger partial charge in [-0.05, 0) is 13.0 Å². The number of carbonyl (C=O) groups is 1. The van der Waals surface area contributed by atoms with Gasteiger partial charge in [0, 0.05) is 23.5 Å². The first kappa shape index (κ1) is 12.2. The lowest BCUT2D eigenvalue weighted by Crippen LogP contribution is -2.12. The molecule has 1 aromatic heterocycles. The van der Waals surface area contributed by atoms with Crippen molar-refractivity contribution < 1.29 is 9.53 Å². The van der Waals surface area contributed by atoms with E-state index in [1.165, 1.54) is 0 Å². The van der Waals surface area contributed by atoms with Crippen molar-refractivity contribution in [1.82, 2.24) is 4.57 Å². The standard InChI is InChI=1S/C14H14N2O2/c1-3-18-14(17)13-11(8-9-15)10-6-4-5-7-12(10)16(13)2/h4-7H,3,8H2,1-2H3. The maximum absolute atomic E-state index is 12.0. The van der Waals surface area contributed by atoms with Gasteiger partial charge < -0.3 is 9.30 Å². The van der Waals surface area contributed by atoms with Crippen molar-refractivity contribution in [2.45, 2.75) is 13.3 Å². The highest BCUT2D eigenvalue weighted by molar-refractivity contribution is 5.99. The molecule has 0 aliphatic rings. The Bertz CT molecular complexity index is 635. The van der Waals surface area contributed by atoms with Crippen LogP contribution in [0, 0.1) is 11.3 Å². The molecule has 92 valence electrons. The molecule has 0 atom stereocenters. The Hall–Kier alpha value is -2.28. The summed E-state index contributed by atoms with van der Waals surface area (Å²) >= 11 is 0. The van der Waals surface area contributed by atoms with Crippen LogP contribution >= 0.6 is 0 Å². The summed E-state index contributed by atoms with van der Waals surface area (Å²) in [5.41, 5.74) is 2.15. The van der Waals surface area contributed by atoms with E-state index >= 15 is 0 Å². The highest BCUT2D eigenvalue weighted by Gasteiger charge is 2.21. The molecule has 0 unspecified atom stereocenters. The summed E-state index contributed by atoms with van der Waals surface area (Å²) in [5.74, 6) is -0.374. The van der Waals surface area contributed by atoms with Gasteiger partial charge >= 0.3 is 5.97 Å². The van der Waals surface area contributed by atoms with Crippen LogP contribution in [0.3, 0.4) is 0 Å². The molecule has 0 aliphatic carbocycles. The van der Waals surface area contributed by atoms with Crippen molar-refractivity contribution in [2.24, 2.45) is 7.05 Å². The van der Waals surface area contributed by atoms with Crippen LogP contribution < -0.4 is 0 Å². The first-order valence-electron chi connectivity index (χ1n) is 5.81. The minimum absolute atomic E-state index is 0.204. The molecule has 0 bridgehead atoms. The summed E-state index contributed by atoms with van der Waals surface area (Å²) in [6, 6.07) is 9.77. The van der Waals surface area contributed by atoms with E-state index in [1.54, 1.807) is 11.5 Å². The molecule has 0 aliphatic heterocycles. The Morgan fingerprint density at radius 1 is 1.44 bits per heavy atom. The number of ether oxygens (including phenoxy) is 1. The zero-order chi connectivity index (χ0) is 13.1. The van der Waals surface area contributed by atoms with Gasteiger partial charge in [0.15, 0.2) is 0 Å². The highest BCUT2D eigenvalue weighted by Crippen LogP contribution is 2.26. The molecule has 4 nitrogen and oxygen atoms in total. The molecule has 1 aromatic carbocycles. The lowest BCUT2D eigenvalue weighted by molar-refractivity contribution is 0.0514. The number of hydrogen-bond donors (Lipinski definition) is 0. The van der Waals surface area contributed by atoms with Gasteiger partial charge in [-0.25, -0.2) is 4.79 Å². The number of fused-ring (bicyclic) bond motifs is 1. The summed E-state index contributed by atoms with van der Waals surface area (Å²) in [6.45, 7) is 2.09. The lowest BCUT2D eigenvalue weighted by Gasteiger charge is -2.05. The van der Waals surface area contributed by atoms with Crippen LogP contribution in [-0.2, 0) is 18.2 Å². The van der Waals surface area contributed by atoms with E-state index in [4.69, 9.17) is 10.00 Å². The Kier molecular flexibility index (Phi) is 3.33. The molecule has 2 rings (SSSR count). The van der Waals surface area contributed by atoms with Crippen LogP contribution in [0.4, 0.5) is 0 Å². The summed E-state index contributed by atoms with van der Waals surface area (Å²) < 4.78 is 6.85. The number of hydrogen-bond acceptors (Lipinski definition) is 3. The van der Waals surface area contributed by atoms with Crippen molar-refractivity contribution in [3.8, 4) is 6.07 Å². The second kappa shape index (κ2) is 4.92. The molecular weight excluding hydrogens is 228 g/mol. The van der Waals surface area contributed by atoms with Crippen molar-refractivity contribution in [3.63, 3.8) is 0 Å². The molecule has 0 fully saturated rings. The molecule has 2 aromatic rings. The van der Waals surface area contributed by atoms with Crippen LogP contribution in [0.25, 0.3) is 10.9 Å². The summed E-state index contributed by atoms with van der Waals surface area (Å²) in [5, 5.41) is 9.85. The fourth-order valence-electron chi connectivity index (χ4n) is 2.19. The fraction of sp³-hybridized carbons (Fsp3) is 0.286. The molecule has 0 radical (unpaired) electrons. The quantitative estimate of drug-likeness (QED) is 0.777. The Morgan fingerprint density at radius 3 is 2.83 bits per heavy atom. The van der Waals surface area contributed by atoms with E-state index in [1.807, 2.05) is 31.3 Å². The molecule has 18 heavy (non-hydrogen) atoms. The summed E-state index contributed by atoms with van der Waals surface area (Å²) in [4.78, 5) is 12.0. The third kappa shape index (κ3) is 1.84. The maximum Gasteiger partial charge on any atom is 0.355 e. The number of nitriles is 1. The van der Waals surface area contributed by atoms with E-state index in [0.717, 1.165) is 16.5 Å². The zero-order valence-electron chi connectivity index (χ0n) is 10.4. The molecule has 4 heteroatoms. The van der Waals surface area contributed by atoms with E-state index in [9.17, 15) is 4.79 Å². The predicted octanol–water partition coefficient (Wildman–Crippen LogP) is 2.42. The average Bonchev–Trinajstić information content (AvgIpc) is 2.65. The van der Waals surface area contributed by atoms with Gasteiger partial charge in [0.25, 0.3) is 0 Å². The minimum Gasteiger partial charge on any atom is -0.461 e. The molecule has 0 amide bonds. The zero-order valence-corrected chi connectivity index (χ0v) is 10.4. The number of esters is 1. The lowest BCUT2D eigenvalue weighted by atomic mass is 10.1. The first-order chi connectivity index (χ1) is 8.70. The number of aryl methyl sites for hydroxylation is 1. The van der Waals surface area contributed by atoms with Crippen LogP contribution in [0.2, 0.25) is 0 Å². The Balaban J connectivity index is 2.70. The smallest absolute Gasteiger partial charge is 0.355 e. The molecule has 0 saturated carbocycles. The largest absolute Gasteiger partial charge is 0.461 e. The number of nitrogens with zero attached hydrogens (tertiary/aromatic N) is 2. The summed E-state index contributed by atoms with van der Waals surface area (Å²) in [7, 11) is 1.81. The normalized spacial score (nSPS) is 10.3. The third-order valence-electron chi connectivity index (χ3n) is 2.94. The minimum atomic E-state index is -0.374. The number of aromatic nitrogens is 1. The van der Waals surface area contributed by atoms with Crippen LogP contribution in [0.15, 0.2) is 24.3 Å². The molecule has 0 spiro atoms. The van der Waals surface area contributed by atoms with Crippen molar-refractivity contribution in [2.75, 3.05) is 6.61 Å². The van der Waals surface area contributed by atoms with Crippen molar-refractivity contribution in [3.05, 3.63) is 35.5 Å². The third-order valence-corrected chi connectivity index (χ3v) is 2.94. The van der Waals surface area contributed by atoms with Crippen LogP contribution in [-0.4, -0.2) is 17.1 Å². The number of para-hydroxylation sites is 1. The van der Waals surface area contributed by atoms with Gasteiger partial charge in [0.1, 0.15) is 5.69 Å². The molecule has 1 heterocycles. The van der Waals surface area contributed by atoms with Crippen molar-refractivity contribution >= 4 is 16.9 Å². The van der Waals surface area contributed by atoms with E-state index in [-0.39, 0.29) is 12.4 Å². The van der Waals surface area contributed by atoms with Gasteiger partial charge in [0.05, 0.1) is 19.1 Å². The van der Waals surface area contributed by atoms with Crippen molar-refractivity contribution in [1.29, 1.82) is 5.26 Å². The topological polar surface area (TPSA) is 55.0 Å². The van der Waals surface area contributed by atoms with E-state index in [2.05, 4.69) is 6.07 Å². The fourth-order valence-corrected chi connectivity index (χ4v) is 2.19. The number of carbonyl (C=O) groups excluding carboxylic acids is 1. The Morgan fingerprint density at radius 2 is 2.17 bits per heavy atom. The van der Waals surface area contributed by atoms with Gasteiger partial charge in [-0.2, -0.15) is 5.26 Å². The van der Waals surface area contributed by atoms with Crippen LogP contribution in [0.1, 0.15) is 23.0 Å². The van der Waals surface area contributed by atoms with Crippen LogP contribution in [0.5, 0.6) is 0 Å². The second-order valence-electron chi connectivity index (χ2n) is 3.96. The maximum atomic E-state index is 12.0. The molecular formula is C14H14N2O2. The van der Waals surface area contributed by atoms with E-state index in [0.29, 0.717) is 12.3 Å². The number of rotatable bonds is 3. The van der Waals surface area contributed by atoms with Gasteiger partial charge in [0.2, 0.25) is 0 Å². The molecule has 0 saturated heterocycles. The number of benzene rings is 1. The average molecular weight is 242 g/mol. The molecule has 0 N–H and O–H groups in total. The van der Waals surface area contributed by atoms with E-state index < -0.39 is 0 Å². The SMILES string of the molecule is CCOC(=O)c1c(CC#N)c2ccccc2n1C. The summed E-state index contributed by atoms with van der Waals surface area (Å²) in [6.07, 6.45) is 0.204. The van der Waals surface area contributed by atoms with Gasteiger partial charge in [-0.15, -0.1) is 0 Å². The predicted molar refractivity (Wildman–Crippen MR) is 68.2 cm³/mol. The Labute approximate surface area is 105 Å². The van der Waals surface area contributed by atoms with Gasteiger partial charge in [-0.1, -0.05) is 18.2 Å².